The molecule has 0 aliphatic heterocycles. The van der Waals surface area contributed by atoms with Crippen LogP contribution in [0.3, 0.4) is 0 Å². The quantitative estimate of drug-likeness (QED) is 0.859. The first-order valence-electron chi connectivity index (χ1n) is 6.76. The molecule has 0 saturated carbocycles. The Morgan fingerprint density at radius 3 is 2.71 bits per heavy atom. The summed E-state index contributed by atoms with van der Waals surface area (Å²) in [6, 6.07) is 5.38. The van der Waals surface area contributed by atoms with Gasteiger partial charge >= 0.3 is 6.18 Å². The lowest BCUT2D eigenvalue weighted by atomic mass is 10.0. The summed E-state index contributed by atoms with van der Waals surface area (Å²) in [6.45, 7) is 0.846. The standard InChI is InChI=1S/C15H18F3N3/c1-19-8-4-7-14-13(10-21(2)20-14)11-5-3-6-12(9-11)15(16,17)18/h3,5-6,9-10,19H,4,7-8H2,1-2H3. The van der Waals surface area contributed by atoms with Crippen LogP contribution in [0, 0.1) is 0 Å². The van der Waals surface area contributed by atoms with Crippen molar-refractivity contribution < 1.29 is 13.2 Å². The van der Waals surface area contributed by atoms with Crippen molar-refractivity contribution in [2.45, 2.75) is 19.0 Å². The van der Waals surface area contributed by atoms with Crippen molar-refractivity contribution in [1.29, 1.82) is 0 Å². The first-order valence-corrected chi connectivity index (χ1v) is 6.76. The van der Waals surface area contributed by atoms with E-state index in [0.717, 1.165) is 36.7 Å². The molecular weight excluding hydrogens is 279 g/mol. The van der Waals surface area contributed by atoms with E-state index in [1.54, 1.807) is 24.0 Å². The molecule has 6 heteroatoms. The lowest BCUT2D eigenvalue weighted by Crippen LogP contribution is -2.09. The van der Waals surface area contributed by atoms with Crippen molar-refractivity contribution >= 4 is 0 Å². The Morgan fingerprint density at radius 2 is 2.05 bits per heavy atom. The molecule has 0 radical (unpaired) electrons. The molecule has 0 unspecified atom stereocenters. The van der Waals surface area contributed by atoms with Crippen molar-refractivity contribution in [3.05, 3.63) is 41.7 Å². The van der Waals surface area contributed by atoms with Gasteiger partial charge in [0.25, 0.3) is 0 Å². The van der Waals surface area contributed by atoms with E-state index in [1.165, 1.54) is 12.1 Å². The average molecular weight is 297 g/mol. The zero-order valence-corrected chi connectivity index (χ0v) is 12.0. The molecule has 21 heavy (non-hydrogen) atoms. The molecule has 114 valence electrons. The van der Waals surface area contributed by atoms with Crippen LogP contribution >= 0.6 is 0 Å². The summed E-state index contributed by atoms with van der Waals surface area (Å²) >= 11 is 0. The highest BCUT2D eigenvalue weighted by molar-refractivity contribution is 5.66. The molecule has 1 heterocycles. The van der Waals surface area contributed by atoms with Crippen LogP contribution in [-0.4, -0.2) is 23.4 Å². The number of aromatic nitrogens is 2. The molecular formula is C15H18F3N3. The van der Waals surface area contributed by atoms with E-state index in [1.807, 2.05) is 7.05 Å². The molecule has 0 atom stereocenters. The highest BCUT2D eigenvalue weighted by atomic mass is 19.4. The maximum Gasteiger partial charge on any atom is 0.416 e. The van der Waals surface area contributed by atoms with Gasteiger partial charge in [-0.1, -0.05) is 12.1 Å². The molecule has 1 N–H and O–H groups in total. The molecule has 0 fully saturated rings. The topological polar surface area (TPSA) is 29.9 Å². The number of rotatable bonds is 5. The Labute approximate surface area is 121 Å². The SMILES string of the molecule is CNCCCc1nn(C)cc1-c1cccc(C(F)(F)F)c1. The van der Waals surface area contributed by atoms with Gasteiger partial charge in [0.15, 0.2) is 0 Å². The van der Waals surface area contributed by atoms with Crippen LogP contribution < -0.4 is 5.32 Å². The Hall–Kier alpha value is -1.82. The normalized spacial score (nSPS) is 11.9. The summed E-state index contributed by atoms with van der Waals surface area (Å²) < 4.78 is 40.1. The molecule has 0 aliphatic rings. The smallest absolute Gasteiger partial charge is 0.320 e. The van der Waals surface area contributed by atoms with E-state index >= 15 is 0 Å². The van der Waals surface area contributed by atoms with E-state index in [4.69, 9.17) is 0 Å². The Morgan fingerprint density at radius 1 is 1.29 bits per heavy atom. The minimum Gasteiger partial charge on any atom is -0.320 e. The van der Waals surface area contributed by atoms with Crippen LogP contribution in [0.5, 0.6) is 0 Å². The zero-order valence-electron chi connectivity index (χ0n) is 12.0. The highest BCUT2D eigenvalue weighted by Gasteiger charge is 2.30. The van der Waals surface area contributed by atoms with Crippen molar-refractivity contribution in [1.82, 2.24) is 15.1 Å². The van der Waals surface area contributed by atoms with Gasteiger partial charge in [0.05, 0.1) is 11.3 Å². The minimum atomic E-state index is -4.33. The summed E-state index contributed by atoms with van der Waals surface area (Å²) in [4.78, 5) is 0. The fraction of sp³-hybridized carbons (Fsp3) is 0.400. The van der Waals surface area contributed by atoms with Gasteiger partial charge in [0.2, 0.25) is 0 Å². The fourth-order valence-electron chi connectivity index (χ4n) is 2.26. The van der Waals surface area contributed by atoms with E-state index in [-0.39, 0.29) is 0 Å². The first-order chi connectivity index (χ1) is 9.91. The third-order valence-corrected chi connectivity index (χ3v) is 3.25. The third kappa shape index (κ3) is 3.85. The molecule has 2 rings (SSSR count). The Bertz CT molecular complexity index is 602. The fourth-order valence-corrected chi connectivity index (χ4v) is 2.26. The number of hydrogen-bond acceptors (Lipinski definition) is 2. The van der Waals surface area contributed by atoms with Crippen molar-refractivity contribution in [3.8, 4) is 11.1 Å². The van der Waals surface area contributed by atoms with Crippen molar-refractivity contribution in [2.24, 2.45) is 7.05 Å². The van der Waals surface area contributed by atoms with Gasteiger partial charge in [-0.3, -0.25) is 4.68 Å². The van der Waals surface area contributed by atoms with Crippen molar-refractivity contribution in [2.75, 3.05) is 13.6 Å². The lowest BCUT2D eigenvalue weighted by Gasteiger charge is -2.09. The second-order valence-electron chi connectivity index (χ2n) is 4.95. The maximum atomic E-state index is 12.8. The molecule has 2 aromatic rings. The van der Waals surface area contributed by atoms with E-state index in [0.29, 0.717) is 5.56 Å². The van der Waals surface area contributed by atoms with Crippen LogP contribution in [0.2, 0.25) is 0 Å². The minimum absolute atomic E-state index is 0.553. The maximum absolute atomic E-state index is 12.8. The number of benzene rings is 1. The lowest BCUT2D eigenvalue weighted by molar-refractivity contribution is -0.137. The highest BCUT2D eigenvalue weighted by Crippen LogP contribution is 2.33. The molecule has 1 aromatic heterocycles. The molecule has 0 amide bonds. The summed E-state index contributed by atoms with van der Waals surface area (Å²) in [5, 5.41) is 7.41. The van der Waals surface area contributed by atoms with Crippen LogP contribution in [0.15, 0.2) is 30.5 Å². The van der Waals surface area contributed by atoms with Gasteiger partial charge in [0.1, 0.15) is 0 Å². The largest absolute Gasteiger partial charge is 0.416 e. The monoisotopic (exact) mass is 297 g/mol. The van der Waals surface area contributed by atoms with Crippen LogP contribution in [0.25, 0.3) is 11.1 Å². The van der Waals surface area contributed by atoms with Crippen LogP contribution in [-0.2, 0) is 19.6 Å². The number of hydrogen-bond donors (Lipinski definition) is 1. The Kier molecular flexibility index (Phi) is 4.67. The van der Waals surface area contributed by atoms with Crippen LogP contribution in [0.4, 0.5) is 13.2 Å². The average Bonchev–Trinajstić information content (AvgIpc) is 2.79. The predicted molar refractivity (Wildman–Crippen MR) is 75.9 cm³/mol. The predicted octanol–water partition coefficient (Wildman–Crippen LogP) is 3.26. The van der Waals surface area contributed by atoms with Crippen LogP contribution in [0.1, 0.15) is 17.7 Å². The summed E-state index contributed by atoms with van der Waals surface area (Å²) in [7, 11) is 3.64. The zero-order chi connectivity index (χ0) is 15.5. The third-order valence-electron chi connectivity index (χ3n) is 3.25. The van der Waals surface area contributed by atoms with Gasteiger partial charge in [-0.2, -0.15) is 18.3 Å². The molecule has 1 aromatic carbocycles. The number of aryl methyl sites for hydroxylation is 2. The number of nitrogens with zero attached hydrogens (tertiary/aromatic N) is 2. The number of alkyl halides is 3. The molecule has 0 aliphatic carbocycles. The second kappa shape index (κ2) is 6.30. The first kappa shape index (κ1) is 15.6. The molecule has 3 nitrogen and oxygen atoms in total. The number of nitrogens with one attached hydrogen (secondary N) is 1. The summed E-state index contributed by atoms with van der Waals surface area (Å²) in [6.07, 6.45) is -0.943. The summed E-state index contributed by atoms with van der Waals surface area (Å²) in [5.74, 6) is 0. The molecule has 0 spiro atoms. The van der Waals surface area contributed by atoms with E-state index < -0.39 is 11.7 Å². The van der Waals surface area contributed by atoms with Gasteiger partial charge in [-0.05, 0) is 44.1 Å². The Balaban J connectivity index is 2.33. The number of halogens is 3. The molecule has 0 bridgehead atoms. The van der Waals surface area contributed by atoms with Gasteiger partial charge < -0.3 is 5.32 Å². The van der Waals surface area contributed by atoms with Gasteiger partial charge in [-0.15, -0.1) is 0 Å². The van der Waals surface area contributed by atoms with Gasteiger partial charge in [0, 0.05) is 18.8 Å². The summed E-state index contributed by atoms with van der Waals surface area (Å²) in [5.41, 5.74) is 1.51. The van der Waals surface area contributed by atoms with E-state index in [9.17, 15) is 13.2 Å². The van der Waals surface area contributed by atoms with Gasteiger partial charge in [-0.25, -0.2) is 0 Å². The molecule has 0 saturated heterocycles. The second-order valence-corrected chi connectivity index (χ2v) is 4.95. The van der Waals surface area contributed by atoms with E-state index in [2.05, 4.69) is 10.4 Å². The van der Waals surface area contributed by atoms with Crippen molar-refractivity contribution in [3.63, 3.8) is 0 Å².